The van der Waals surface area contributed by atoms with Gasteiger partial charge in [0.05, 0.1) is 13.2 Å². The summed E-state index contributed by atoms with van der Waals surface area (Å²) in [6.45, 7) is 13.6. The van der Waals surface area contributed by atoms with Crippen LogP contribution in [-0.2, 0) is 4.74 Å². The standard InChI is InChI=1S/C7H15N.C6H13NO/c1-2-8-6-4-3-5-7-8;1-2-7-3-5-8-6-4-7/h2-7H2,1H3;2-6H2,1H3. The highest BCUT2D eigenvalue weighted by Crippen LogP contribution is 2.06. The average Bonchev–Trinajstić information content (AvgIpc) is 2.41. The minimum absolute atomic E-state index is 0.924. The highest BCUT2D eigenvalue weighted by Gasteiger charge is 2.06. The maximum absolute atomic E-state index is 5.16. The van der Waals surface area contributed by atoms with Crippen molar-refractivity contribution in [3.63, 3.8) is 0 Å². The lowest BCUT2D eigenvalue weighted by atomic mass is 10.1. The van der Waals surface area contributed by atoms with E-state index in [1.807, 2.05) is 0 Å². The second-order valence-electron chi connectivity index (χ2n) is 4.54. The monoisotopic (exact) mass is 228 g/mol. The second kappa shape index (κ2) is 8.97. The molecule has 2 rings (SSSR count). The second-order valence-corrected chi connectivity index (χ2v) is 4.54. The Morgan fingerprint density at radius 2 is 1.25 bits per heavy atom. The van der Waals surface area contributed by atoms with Crippen LogP contribution in [0.2, 0.25) is 0 Å². The molecule has 0 bridgehead atoms. The van der Waals surface area contributed by atoms with Gasteiger partial charge in [-0.1, -0.05) is 20.3 Å². The number of morpholine rings is 1. The molecule has 0 aromatic rings. The summed E-state index contributed by atoms with van der Waals surface area (Å²) in [6, 6.07) is 0. The zero-order valence-corrected chi connectivity index (χ0v) is 11.1. The van der Waals surface area contributed by atoms with Crippen molar-refractivity contribution in [1.29, 1.82) is 0 Å². The predicted molar refractivity (Wildman–Crippen MR) is 68.9 cm³/mol. The third kappa shape index (κ3) is 5.83. The van der Waals surface area contributed by atoms with Crippen molar-refractivity contribution in [1.82, 2.24) is 9.80 Å². The minimum atomic E-state index is 0.924. The molecule has 0 aromatic heterocycles. The number of hydrogen-bond donors (Lipinski definition) is 0. The zero-order valence-electron chi connectivity index (χ0n) is 11.1. The third-order valence-electron chi connectivity index (χ3n) is 3.45. The van der Waals surface area contributed by atoms with Crippen LogP contribution in [0, 0.1) is 0 Å². The van der Waals surface area contributed by atoms with Gasteiger partial charge in [0.25, 0.3) is 0 Å². The maximum Gasteiger partial charge on any atom is 0.0594 e. The molecule has 2 heterocycles. The van der Waals surface area contributed by atoms with Crippen molar-refractivity contribution < 1.29 is 4.74 Å². The fourth-order valence-electron chi connectivity index (χ4n) is 2.19. The Balaban J connectivity index is 0.000000160. The molecule has 96 valence electrons. The molecular formula is C13H28N2O. The van der Waals surface area contributed by atoms with Gasteiger partial charge in [0, 0.05) is 13.1 Å². The van der Waals surface area contributed by atoms with Crippen molar-refractivity contribution in [2.45, 2.75) is 33.1 Å². The van der Waals surface area contributed by atoms with Gasteiger partial charge in [-0.2, -0.15) is 0 Å². The molecule has 2 fully saturated rings. The predicted octanol–water partition coefficient (Wildman–Crippen LogP) is 1.83. The number of rotatable bonds is 2. The van der Waals surface area contributed by atoms with Gasteiger partial charge in [-0.05, 0) is 39.0 Å². The summed E-state index contributed by atoms with van der Waals surface area (Å²) < 4.78 is 5.16. The van der Waals surface area contributed by atoms with Gasteiger partial charge in [0.1, 0.15) is 0 Å². The van der Waals surface area contributed by atoms with Crippen LogP contribution in [0.25, 0.3) is 0 Å². The van der Waals surface area contributed by atoms with Crippen LogP contribution < -0.4 is 0 Å². The van der Waals surface area contributed by atoms with Crippen molar-refractivity contribution >= 4 is 0 Å². The molecule has 0 amide bonds. The van der Waals surface area contributed by atoms with E-state index in [4.69, 9.17) is 4.74 Å². The highest BCUT2D eigenvalue weighted by molar-refractivity contribution is 4.61. The molecule has 3 nitrogen and oxygen atoms in total. The highest BCUT2D eigenvalue weighted by atomic mass is 16.5. The van der Waals surface area contributed by atoms with E-state index >= 15 is 0 Å². The number of nitrogens with zero attached hydrogens (tertiary/aromatic N) is 2. The topological polar surface area (TPSA) is 15.7 Å². The molecule has 0 aromatic carbocycles. The van der Waals surface area contributed by atoms with E-state index in [9.17, 15) is 0 Å². The van der Waals surface area contributed by atoms with E-state index in [1.165, 1.54) is 45.4 Å². The molecular weight excluding hydrogens is 200 g/mol. The lowest BCUT2D eigenvalue weighted by Crippen LogP contribution is -2.35. The lowest BCUT2D eigenvalue weighted by molar-refractivity contribution is 0.0405. The van der Waals surface area contributed by atoms with Gasteiger partial charge in [0.2, 0.25) is 0 Å². The number of hydrogen-bond acceptors (Lipinski definition) is 3. The molecule has 16 heavy (non-hydrogen) atoms. The van der Waals surface area contributed by atoms with Gasteiger partial charge in [0.15, 0.2) is 0 Å². The summed E-state index contributed by atoms with van der Waals surface area (Å²) in [5, 5.41) is 0. The first kappa shape index (κ1) is 13.9. The largest absolute Gasteiger partial charge is 0.379 e. The van der Waals surface area contributed by atoms with Gasteiger partial charge in [-0.15, -0.1) is 0 Å². The number of ether oxygens (including phenoxy) is 1. The molecule has 0 aliphatic carbocycles. The number of likely N-dealkylation sites (tertiary alicyclic amines) is 1. The van der Waals surface area contributed by atoms with E-state index in [0.29, 0.717) is 0 Å². The first-order chi connectivity index (χ1) is 7.86. The van der Waals surface area contributed by atoms with Crippen LogP contribution in [0.3, 0.4) is 0 Å². The zero-order chi connectivity index (χ0) is 11.6. The lowest BCUT2D eigenvalue weighted by Gasteiger charge is -2.24. The maximum atomic E-state index is 5.16. The van der Waals surface area contributed by atoms with Crippen LogP contribution in [0.1, 0.15) is 33.1 Å². The summed E-state index contributed by atoms with van der Waals surface area (Å²) in [7, 11) is 0. The summed E-state index contributed by atoms with van der Waals surface area (Å²) in [6.07, 6.45) is 4.30. The normalized spacial score (nSPS) is 23.6. The summed E-state index contributed by atoms with van der Waals surface area (Å²) in [4.78, 5) is 4.91. The first-order valence-electron chi connectivity index (χ1n) is 6.89. The van der Waals surface area contributed by atoms with Crippen molar-refractivity contribution in [3.05, 3.63) is 0 Å². The molecule has 2 aliphatic heterocycles. The van der Waals surface area contributed by atoms with Crippen molar-refractivity contribution in [2.24, 2.45) is 0 Å². The Kier molecular flexibility index (Phi) is 7.81. The third-order valence-corrected chi connectivity index (χ3v) is 3.45. The van der Waals surface area contributed by atoms with E-state index in [2.05, 4.69) is 23.6 Å². The minimum Gasteiger partial charge on any atom is -0.379 e. The fraction of sp³-hybridized carbons (Fsp3) is 1.00. The molecule has 0 radical (unpaired) electrons. The Labute approximate surface area is 101 Å². The van der Waals surface area contributed by atoms with E-state index in [-0.39, 0.29) is 0 Å². The van der Waals surface area contributed by atoms with Crippen LogP contribution in [-0.4, -0.2) is 62.3 Å². The van der Waals surface area contributed by atoms with Gasteiger partial charge < -0.3 is 9.64 Å². The molecule has 2 saturated heterocycles. The number of likely N-dealkylation sites (N-methyl/N-ethyl adjacent to an activating group) is 1. The van der Waals surface area contributed by atoms with E-state index in [1.54, 1.807) is 0 Å². The quantitative estimate of drug-likeness (QED) is 0.717. The van der Waals surface area contributed by atoms with Crippen molar-refractivity contribution in [2.75, 3.05) is 52.5 Å². The Hall–Kier alpha value is -0.120. The SMILES string of the molecule is CCN1CCCCC1.CCN1CCOCC1. The van der Waals surface area contributed by atoms with Crippen molar-refractivity contribution in [3.8, 4) is 0 Å². The van der Waals surface area contributed by atoms with Gasteiger partial charge in [-0.3, -0.25) is 4.90 Å². The summed E-state index contributed by atoms with van der Waals surface area (Å²) >= 11 is 0. The molecule has 0 atom stereocenters. The van der Waals surface area contributed by atoms with Gasteiger partial charge >= 0.3 is 0 Å². The Morgan fingerprint density at radius 1 is 0.750 bits per heavy atom. The van der Waals surface area contributed by atoms with E-state index in [0.717, 1.165) is 26.3 Å². The molecule has 0 unspecified atom stereocenters. The Bertz CT molecular complexity index is 134. The summed E-state index contributed by atoms with van der Waals surface area (Å²) in [5.74, 6) is 0. The smallest absolute Gasteiger partial charge is 0.0594 e. The molecule has 0 N–H and O–H groups in total. The molecule has 0 saturated carbocycles. The van der Waals surface area contributed by atoms with Crippen LogP contribution in [0.4, 0.5) is 0 Å². The van der Waals surface area contributed by atoms with Crippen LogP contribution in [0.15, 0.2) is 0 Å². The van der Waals surface area contributed by atoms with Crippen LogP contribution >= 0.6 is 0 Å². The van der Waals surface area contributed by atoms with Gasteiger partial charge in [-0.25, -0.2) is 0 Å². The first-order valence-corrected chi connectivity index (χ1v) is 6.89. The average molecular weight is 228 g/mol. The summed E-state index contributed by atoms with van der Waals surface area (Å²) in [5.41, 5.74) is 0. The Morgan fingerprint density at radius 3 is 1.62 bits per heavy atom. The molecule has 0 spiro atoms. The molecule has 2 aliphatic rings. The van der Waals surface area contributed by atoms with Crippen LogP contribution in [0.5, 0.6) is 0 Å². The molecule has 3 heteroatoms. The van der Waals surface area contributed by atoms with E-state index < -0.39 is 0 Å². The fourth-order valence-corrected chi connectivity index (χ4v) is 2.19. The number of piperidine rings is 1.